The van der Waals surface area contributed by atoms with Gasteiger partial charge in [-0.05, 0) is 13.3 Å². The maximum Gasteiger partial charge on any atom is 0.634 e. The number of methoxy groups -OCH3 is 1. The van der Waals surface area contributed by atoms with Gasteiger partial charge < -0.3 is 19.4 Å². The van der Waals surface area contributed by atoms with Gasteiger partial charge in [0.15, 0.2) is 0 Å². The molecule has 0 amide bonds. The lowest BCUT2D eigenvalue weighted by Gasteiger charge is -2.21. The smallest absolute Gasteiger partial charge is 0.402 e. The molecule has 0 saturated carbocycles. The molecule has 70 valence electrons. The lowest BCUT2D eigenvalue weighted by Crippen LogP contribution is -2.34. The average Bonchev–Trinajstić information content (AvgIpc) is 2.01. The van der Waals surface area contributed by atoms with Crippen LogP contribution in [0.1, 0.15) is 13.3 Å². The van der Waals surface area contributed by atoms with E-state index in [4.69, 9.17) is 19.4 Å². The highest BCUT2D eigenvalue weighted by molar-refractivity contribution is 6.32. The molecule has 4 nitrogen and oxygen atoms in total. The summed E-state index contributed by atoms with van der Waals surface area (Å²) in [4.78, 5) is 0. The van der Waals surface area contributed by atoms with Crippen LogP contribution in [0.5, 0.6) is 0 Å². The predicted molar refractivity (Wildman–Crippen MR) is 46.3 cm³/mol. The molecular weight excluding hydrogens is 159 g/mol. The lowest BCUT2D eigenvalue weighted by molar-refractivity contribution is -0.00685. The van der Waals surface area contributed by atoms with Crippen LogP contribution in [0.15, 0.2) is 12.7 Å². The second-order valence-corrected chi connectivity index (χ2v) is 2.47. The first-order valence-electron chi connectivity index (χ1n) is 3.77. The molecule has 0 aliphatic carbocycles. The monoisotopic (exact) mass is 174 g/mol. The summed E-state index contributed by atoms with van der Waals surface area (Å²) in [5.74, 6) is 0. The molecule has 0 radical (unpaired) electrons. The molecule has 0 spiro atoms. The van der Waals surface area contributed by atoms with Crippen LogP contribution in [0.2, 0.25) is 0 Å². The third kappa shape index (κ3) is 4.51. The molecule has 0 aromatic heterocycles. The van der Waals surface area contributed by atoms with E-state index in [1.165, 1.54) is 7.11 Å². The Bertz CT molecular complexity index is 129. The standard InChI is InChI=1S/C7H15BO4/c1-4-5-7(6(2)11-3)12-8(9)10/h4,6-7,9-10H,1,5H2,2-3H3/t6-,7+/m0/s1. The van der Waals surface area contributed by atoms with Gasteiger partial charge in [-0.25, -0.2) is 0 Å². The summed E-state index contributed by atoms with van der Waals surface area (Å²) < 4.78 is 9.73. The minimum atomic E-state index is -1.76. The number of ether oxygens (including phenoxy) is 1. The van der Waals surface area contributed by atoms with Gasteiger partial charge in [-0.3, -0.25) is 0 Å². The summed E-state index contributed by atoms with van der Waals surface area (Å²) in [6.45, 7) is 5.31. The summed E-state index contributed by atoms with van der Waals surface area (Å²) in [5.41, 5.74) is 0. The summed E-state index contributed by atoms with van der Waals surface area (Å²) in [7, 11) is -0.221. The van der Waals surface area contributed by atoms with Crippen molar-refractivity contribution in [3.05, 3.63) is 12.7 Å². The van der Waals surface area contributed by atoms with E-state index in [0.717, 1.165) is 0 Å². The molecular formula is C7H15BO4. The molecule has 12 heavy (non-hydrogen) atoms. The Morgan fingerprint density at radius 2 is 2.17 bits per heavy atom. The second kappa shape index (κ2) is 6.19. The van der Waals surface area contributed by atoms with Crippen LogP contribution >= 0.6 is 0 Å². The second-order valence-electron chi connectivity index (χ2n) is 2.47. The predicted octanol–water partition coefficient (Wildman–Crippen LogP) is -0.0479. The van der Waals surface area contributed by atoms with E-state index in [1.54, 1.807) is 13.0 Å². The molecule has 2 N–H and O–H groups in total. The summed E-state index contributed by atoms with van der Waals surface area (Å²) in [6, 6.07) is 0. The first-order chi connectivity index (χ1) is 5.61. The lowest BCUT2D eigenvalue weighted by atomic mass is 10.1. The van der Waals surface area contributed by atoms with Gasteiger partial charge in [0.2, 0.25) is 0 Å². The zero-order valence-corrected chi connectivity index (χ0v) is 7.43. The van der Waals surface area contributed by atoms with E-state index in [2.05, 4.69) is 6.58 Å². The Labute approximate surface area is 73.0 Å². The van der Waals surface area contributed by atoms with E-state index in [1.807, 2.05) is 0 Å². The minimum absolute atomic E-state index is 0.190. The highest BCUT2D eigenvalue weighted by atomic mass is 16.6. The molecule has 5 heteroatoms. The Kier molecular flexibility index (Phi) is 6.01. The number of hydrogen-bond donors (Lipinski definition) is 2. The van der Waals surface area contributed by atoms with Crippen LogP contribution in [0, 0.1) is 0 Å². The van der Waals surface area contributed by atoms with E-state index < -0.39 is 7.32 Å². The van der Waals surface area contributed by atoms with Crippen molar-refractivity contribution < 1.29 is 19.4 Å². The van der Waals surface area contributed by atoms with Crippen molar-refractivity contribution in [2.75, 3.05) is 7.11 Å². The fourth-order valence-corrected chi connectivity index (χ4v) is 0.830. The van der Waals surface area contributed by atoms with Crippen molar-refractivity contribution in [3.63, 3.8) is 0 Å². The summed E-state index contributed by atoms with van der Waals surface area (Å²) >= 11 is 0. The number of hydrogen-bond acceptors (Lipinski definition) is 4. The third-order valence-electron chi connectivity index (χ3n) is 1.59. The van der Waals surface area contributed by atoms with Crippen molar-refractivity contribution in [2.45, 2.75) is 25.6 Å². The Morgan fingerprint density at radius 3 is 2.50 bits per heavy atom. The molecule has 0 aromatic carbocycles. The van der Waals surface area contributed by atoms with Crippen molar-refractivity contribution in [2.24, 2.45) is 0 Å². The van der Waals surface area contributed by atoms with E-state index in [-0.39, 0.29) is 12.2 Å². The van der Waals surface area contributed by atoms with Crippen molar-refractivity contribution in [3.8, 4) is 0 Å². The highest BCUT2D eigenvalue weighted by Gasteiger charge is 2.22. The Morgan fingerprint density at radius 1 is 1.58 bits per heavy atom. The molecule has 0 heterocycles. The van der Waals surface area contributed by atoms with Gasteiger partial charge in [-0.2, -0.15) is 0 Å². The molecule has 0 rings (SSSR count). The maximum atomic E-state index is 8.54. The SMILES string of the molecule is C=CC[C@@H](OB(O)O)[C@H](C)OC. The van der Waals surface area contributed by atoms with E-state index in [9.17, 15) is 0 Å². The van der Waals surface area contributed by atoms with Crippen LogP contribution in [0.3, 0.4) is 0 Å². The highest BCUT2D eigenvalue weighted by Crippen LogP contribution is 2.08. The van der Waals surface area contributed by atoms with Crippen LogP contribution in [0.4, 0.5) is 0 Å². The van der Waals surface area contributed by atoms with Crippen LogP contribution < -0.4 is 0 Å². The minimum Gasteiger partial charge on any atom is -0.402 e. The van der Waals surface area contributed by atoms with E-state index >= 15 is 0 Å². The molecule has 0 bridgehead atoms. The summed E-state index contributed by atoms with van der Waals surface area (Å²) in [6.07, 6.45) is 1.60. The third-order valence-corrected chi connectivity index (χ3v) is 1.59. The Balaban J connectivity index is 3.92. The molecule has 0 aromatic rings. The molecule has 0 fully saturated rings. The van der Waals surface area contributed by atoms with Gasteiger partial charge in [-0.15, -0.1) is 6.58 Å². The van der Waals surface area contributed by atoms with Crippen LogP contribution in [-0.2, 0) is 9.39 Å². The first-order valence-corrected chi connectivity index (χ1v) is 3.77. The van der Waals surface area contributed by atoms with Gasteiger partial charge in [-0.1, -0.05) is 6.08 Å². The first kappa shape index (κ1) is 11.6. The van der Waals surface area contributed by atoms with Gasteiger partial charge in [0.05, 0.1) is 12.2 Å². The molecule has 2 atom stereocenters. The number of rotatable bonds is 6. The largest absolute Gasteiger partial charge is 0.634 e. The molecule has 0 aliphatic heterocycles. The van der Waals surface area contributed by atoms with Crippen molar-refractivity contribution >= 4 is 7.32 Å². The maximum absolute atomic E-state index is 8.54. The average molecular weight is 174 g/mol. The fourth-order valence-electron chi connectivity index (χ4n) is 0.830. The molecule has 0 unspecified atom stereocenters. The molecule has 0 aliphatic rings. The van der Waals surface area contributed by atoms with Gasteiger partial charge in [0, 0.05) is 7.11 Å². The van der Waals surface area contributed by atoms with Crippen LogP contribution in [-0.4, -0.2) is 36.7 Å². The van der Waals surface area contributed by atoms with Crippen molar-refractivity contribution in [1.82, 2.24) is 0 Å². The summed E-state index contributed by atoms with van der Waals surface area (Å²) in [5, 5.41) is 17.1. The van der Waals surface area contributed by atoms with Gasteiger partial charge >= 0.3 is 7.32 Å². The van der Waals surface area contributed by atoms with Gasteiger partial charge in [0.25, 0.3) is 0 Å². The van der Waals surface area contributed by atoms with E-state index in [0.29, 0.717) is 6.42 Å². The quantitative estimate of drug-likeness (QED) is 0.437. The van der Waals surface area contributed by atoms with Gasteiger partial charge in [0.1, 0.15) is 0 Å². The van der Waals surface area contributed by atoms with Crippen LogP contribution in [0.25, 0.3) is 0 Å². The Hall–Kier alpha value is -0.355. The zero-order chi connectivity index (χ0) is 9.56. The zero-order valence-electron chi connectivity index (χ0n) is 7.43. The topological polar surface area (TPSA) is 58.9 Å². The molecule has 0 saturated heterocycles. The van der Waals surface area contributed by atoms with Crippen molar-refractivity contribution in [1.29, 1.82) is 0 Å². The fraction of sp³-hybridized carbons (Fsp3) is 0.714. The normalized spacial score (nSPS) is 15.3.